The first kappa shape index (κ1) is 14.6. The topological polar surface area (TPSA) is 69.4 Å². The smallest absolute Gasteiger partial charge is 0.311 e. The number of ether oxygens (including phenoxy) is 1. The Hall–Kier alpha value is -2.76. The van der Waals surface area contributed by atoms with E-state index < -0.39 is 10.7 Å². The van der Waals surface area contributed by atoms with Gasteiger partial charge in [0.05, 0.1) is 4.92 Å². The van der Waals surface area contributed by atoms with Gasteiger partial charge in [0, 0.05) is 11.6 Å². The van der Waals surface area contributed by atoms with Crippen molar-refractivity contribution in [3.8, 4) is 5.75 Å². The molecule has 0 atom stereocenters. The average molecular weight is 289 g/mol. The van der Waals surface area contributed by atoms with Crippen LogP contribution >= 0.6 is 0 Å². The van der Waals surface area contributed by atoms with E-state index in [4.69, 9.17) is 4.74 Å². The summed E-state index contributed by atoms with van der Waals surface area (Å²) >= 11 is 0. The number of rotatable bonds is 5. The van der Waals surface area contributed by atoms with Crippen LogP contribution in [0, 0.1) is 22.9 Å². The van der Waals surface area contributed by atoms with E-state index in [-0.39, 0.29) is 23.6 Å². The minimum atomic E-state index is -0.624. The number of aryl methyl sites for hydroxylation is 1. The van der Waals surface area contributed by atoms with Gasteiger partial charge >= 0.3 is 5.69 Å². The molecular formula is C15H12FNO4. The second-order valence-electron chi connectivity index (χ2n) is 4.46. The molecule has 0 saturated heterocycles. The Balaban J connectivity index is 2.25. The first-order chi connectivity index (χ1) is 10.0. The second-order valence-corrected chi connectivity index (χ2v) is 4.46. The minimum Gasteiger partial charge on any atom is -0.482 e. The van der Waals surface area contributed by atoms with Gasteiger partial charge in [-0.25, -0.2) is 4.39 Å². The monoisotopic (exact) mass is 289 g/mol. The van der Waals surface area contributed by atoms with Gasteiger partial charge < -0.3 is 4.74 Å². The molecule has 0 saturated carbocycles. The van der Waals surface area contributed by atoms with Crippen molar-refractivity contribution in [1.82, 2.24) is 0 Å². The van der Waals surface area contributed by atoms with E-state index in [1.807, 2.05) is 0 Å². The van der Waals surface area contributed by atoms with Gasteiger partial charge in [0.2, 0.25) is 0 Å². The quantitative estimate of drug-likeness (QED) is 0.480. The van der Waals surface area contributed by atoms with Crippen LogP contribution in [-0.4, -0.2) is 11.2 Å². The molecule has 0 bridgehead atoms. The highest BCUT2D eigenvalue weighted by Crippen LogP contribution is 2.28. The lowest BCUT2D eigenvalue weighted by atomic mass is 10.1. The number of nitrogens with zero attached hydrogens (tertiary/aromatic N) is 1. The van der Waals surface area contributed by atoms with Gasteiger partial charge in [-0.05, 0) is 42.3 Å². The first-order valence-corrected chi connectivity index (χ1v) is 6.12. The molecule has 0 aliphatic carbocycles. The molecular weight excluding hydrogens is 277 g/mol. The number of hydrogen-bond donors (Lipinski definition) is 0. The SMILES string of the molecule is Cc1ccc(F)cc1COc1ccc(C=O)cc1[N+](=O)[O-]. The largest absolute Gasteiger partial charge is 0.482 e. The van der Waals surface area contributed by atoms with Crippen molar-refractivity contribution in [3.05, 3.63) is 69.0 Å². The fourth-order valence-corrected chi connectivity index (χ4v) is 1.82. The van der Waals surface area contributed by atoms with Crippen molar-refractivity contribution in [3.63, 3.8) is 0 Å². The highest BCUT2D eigenvalue weighted by molar-refractivity contribution is 5.77. The average Bonchev–Trinajstić information content (AvgIpc) is 2.48. The molecule has 2 rings (SSSR count). The highest BCUT2D eigenvalue weighted by Gasteiger charge is 2.16. The first-order valence-electron chi connectivity index (χ1n) is 6.12. The Kier molecular flexibility index (Phi) is 4.27. The summed E-state index contributed by atoms with van der Waals surface area (Å²) in [6.45, 7) is 1.80. The molecule has 6 heteroatoms. The Bertz CT molecular complexity index is 700. The standard InChI is InChI=1S/C15H12FNO4/c1-10-2-4-13(16)7-12(10)9-21-15-5-3-11(8-18)6-14(15)17(19)20/h2-8H,9H2,1H3. The van der Waals surface area contributed by atoms with Gasteiger partial charge in [0.25, 0.3) is 0 Å². The molecule has 21 heavy (non-hydrogen) atoms. The molecule has 2 aromatic carbocycles. The lowest BCUT2D eigenvalue weighted by Gasteiger charge is -2.09. The summed E-state index contributed by atoms with van der Waals surface area (Å²) in [5.41, 5.74) is 1.32. The summed E-state index contributed by atoms with van der Waals surface area (Å²) in [6, 6.07) is 8.18. The molecule has 2 aromatic rings. The predicted molar refractivity (Wildman–Crippen MR) is 74.0 cm³/mol. The van der Waals surface area contributed by atoms with Crippen molar-refractivity contribution < 1.29 is 18.8 Å². The van der Waals surface area contributed by atoms with E-state index in [2.05, 4.69) is 0 Å². The van der Waals surface area contributed by atoms with Crippen LogP contribution in [-0.2, 0) is 6.61 Å². The van der Waals surface area contributed by atoms with Gasteiger partial charge in [-0.1, -0.05) is 6.07 Å². The van der Waals surface area contributed by atoms with E-state index >= 15 is 0 Å². The van der Waals surface area contributed by atoms with Crippen molar-refractivity contribution in [2.24, 2.45) is 0 Å². The fraction of sp³-hybridized carbons (Fsp3) is 0.133. The van der Waals surface area contributed by atoms with Gasteiger partial charge in [-0.2, -0.15) is 0 Å². The zero-order valence-electron chi connectivity index (χ0n) is 11.2. The van der Waals surface area contributed by atoms with Crippen molar-refractivity contribution in [2.45, 2.75) is 13.5 Å². The van der Waals surface area contributed by atoms with Crippen LogP contribution in [0.15, 0.2) is 36.4 Å². The lowest BCUT2D eigenvalue weighted by molar-refractivity contribution is -0.386. The zero-order valence-corrected chi connectivity index (χ0v) is 11.2. The summed E-state index contributed by atoms with van der Waals surface area (Å²) in [6.07, 6.45) is 0.521. The minimum absolute atomic E-state index is 0.00483. The third-order valence-corrected chi connectivity index (χ3v) is 3.01. The summed E-state index contributed by atoms with van der Waals surface area (Å²) in [4.78, 5) is 21.0. The van der Waals surface area contributed by atoms with Crippen LogP contribution in [0.3, 0.4) is 0 Å². The number of nitro groups is 1. The Morgan fingerprint density at radius 3 is 2.71 bits per heavy atom. The van der Waals surface area contributed by atoms with Crippen LogP contribution in [0.25, 0.3) is 0 Å². The molecule has 0 aliphatic heterocycles. The highest BCUT2D eigenvalue weighted by atomic mass is 19.1. The zero-order chi connectivity index (χ0) is 15.4. The number of benzene rings is 2. The third-order valence-electron chi connectivity index (χ3n) is 3.01. The molecule has 0 amide bonds. The number of carbonyl (C=O) groups excluding carboxylic acids is 1. The predicted octanol–water partition coefficient (Wildman–Crippen LogP) is 3.43. The molecule has 0 aliphatic rings. The third kappa shape index (κ3) is 3.42. The fourth-order valence-electron chi connectivity index (χ4n) is 1.82. The molecule has 0 heterocycles. The summed E-state index contributed by atoms with van der Waals surface area (Å²) in [5.74, 6) is -0.362. The molecule has 0 aromatic heterocycles. The van der Waals surface area contributed by atoms with E-state index in [1.165, 1.54) is 24.3 Å². The van der Waals surface area contributed by atoms with Crippen LogP contribution in [0.4, 0.5) is 10.1 Å². The molecule has 0 radical (unpaired) electrons. The Labute approximate surface area is 120 Å². The number of halogens is 1. The lowest BCUT2D eigenvalue weighted by Crippen LogP contribution is -2.01. The number of aldehydes is 1. The summed E-state index contributed by atoms with van der Waals surface area (Å²) in [5, 5.41) is 11.0. The maximum atomic E-state index is 13.2. The van der Waals surface area contributed by atoms with Crippen LogP contribution in [0.2, 0.25) is 0 Å². The number of nitro benzene ring substituents is 1. The van der Waals surface area contributed by atoms with Crippen LogP contribution in [0.1, 0.15) is 21.5 Å². The van der Waals surface area contributed by atoms with Crippen molar-refractivity contribution in [1.29, 1.82) is 0 Å². The van der Waals surface area contributed by atoms with Gasteiger partial charge in [-0.3, -0.25) is 14.9 Å². The van der Waals surface area contributed by atoms with E-state index in [9.17, 15) is 19.3 Å². The summed E-state index contributed by atoms with van der Waals surface area (Å²) < 4.78 is 18.6. The maximum Gasteiger partial charge on any atom is 0.311 e. The Morgan fingerprint density at radius 1 is 1.29 bits per heavy atom. The van der Waals surface area contributed by atoms with E-state index in [1.54, 1.807) is 13.0 Å². The van der Waals surface area contributed by atoms with Gasteiger partial charge in [0.15, 0.2) is 5.75 Å². The molecule has 0 N–H and O–H groups in total. The van der Waals surface area contributed by atoms with Crippen molar-refractivity contribution >= 4 is 12.0 Å². The maximum absolute atomic E-state index is 13.2. The molecule has 0 spiro atoms. The normalized spacial score (nSPS) is 10.2. The Morgan fingerprint density at radius 2 is 2.05 bits per heavy atom. The molecule has 0 unspecified atom stereocenters. The molecule has 0 fully saturated rings. The van der Waals surface area contributed by atoms with Crippen molar-refractivity contribution in [2.75, 3.05) is 0 Å². The summed E-state index contributed by atoms with van der Waals surface area (Å²) in [7, 11) is 0. The second kappa shape index (κ2) is 6.13. The number of carbonyl (C=O) groups is 1. The van der Waals surface area contributed by atoms with Gasteiger partial charge in [-0.15, -0.1) is 0 Å². The molecule has 108 valence electrons. The van der Waals surface area contributed by atoms with Crippen LogP contribution in [0.5, 0.6) is 5.75 Å². The number of hydrogen-bond acceptors (Lipinski definition) is 4. The van der Waals surface area contributed by atoms with E-state index in [0.29, 0.717) is 11.8 Å². The van der Waals surface area contributed by atoms with Gasteiger partial charge in [0.1, 0.15) is 18.7 Å². The molecule has 5 nitrogen and oxygen atoms in total. The van der Waals surface area contributed by atoms with Crippen LogP contribution < -0.4 is 4.74 Å². The van der Waals surface area contributed by atoms with E-state index in [0.717, 1.165) is 11.6 Å².